The molecule has 0 saturated heterocycles. The minimum absolute atomic E-state index is 0.110. The van der Waals surface area contributed by atoms with Crippen LogP contribution in [0.5, 0.6) is 5.75 Å². The molecule has 1 amide bonds. The van der Waals surface area contributed by atoms with Gasteiger partial charge in [0, 0.05) is 66.3 Å². The summed E-state index contributed by atoms with van der Waals surface area (Å²) in [5, 5.41) is 4.46. The van der Waals surface area contributed by atoms with Crippen molar-refractivity contribution in [2.45, 2.75) is 68.6 Å². The summed E-state index contributed by atoms with van der Waals surface area (Å²) in [5.41, 5.74) is 6.84. The number of likely N-dealkylation sites (N-methyl/N-ethyl adjacent to an activating group) is 2. The Hall–Kier alpha value is -2.37. The molecule has 232 valence electrons. The van der Waals surface area contributed by atoms with E-state index < -0.39 is 15.7 Å². The molecule has 8 nitrogen and oxygen atoms in total. The number of rotatable bonds is 11. The van der Waals surface area contributed by atoms with E-state index in [9.17, 15) is 9.00 Å². The standard InChI is InChI=1S/C33H45N5O3S2/c1-6-37(17-16-34-2)43(40)33-20-28(33)27-19-24(41-5)13-15-25(27)31-30(22-10-8-7-9-11-22)26-14-12-23(18-29(26)38(31)21-33)32(39)35-42-36(3)4/h12-15,18-19,22,28,34H,6-11,16-17,20-21H2,1-5H3,(H,35,39). The van der Waals surface area contributed by atoms with Gasteiger partial charge in [-0.25, -0.2) is 12.8 Å². The summed E-state index contributed by atoms with van der Waals surface area (Å²) in [6.07, 6.45) is 6.98. The second kappa shape index (κ2) is 12.6. The first-order chi connectivity index (χ1) is 20.8. The second-order valence-electron chi connectivity index (χ2n) is 12.4. The van der Waals surface area contributed by atoms with Crippen LogP contribution in [0, 0.1) is 0 Å². The highest BCUT2D eigenvalue weighted by atomic mass is 32.2. The zero-order valence-electron chi connectivity index (χ0n) is 26.1. The number of nitrogens with one attached hydrogen (secondary N) is 2. The maximum atomic E-state index is 14.6. The summed E-state index contributed by atoms with van der Waals surface area (Å²) in [6, 6.07) is 12.7. The smallest absolute Gasteiger partial charge is 0.262 e. The van der Waals surface area contributed by atoms with Crippen LogP contribution in [0.3, 0.4) is 0 Å². The lowest BCUT2D eigenvalue weighted by Gasteiger charge is -2.27. The molecule has 2 aromatic carbocycles. The number of carbonyl (C=O) groups is 1. The van der Waals surface area contributed by atoms with Crippen LogP contribution in [0.4, 0.5) is 0 Å². The van der Waals surface area contributed by atoms with Crippen molar-refractivity contribution in [3.8, 4) is 17.0 Å². The van der Waals surface area contributed by atoms with Gasteiger partial charge in [0.05, 0.1) is 17.6 Å². The fraction of sp³-hybridized carbons (Fsp3) is 0.545. The summed E-state index contributed by atoms with van der Waals surface area (Å²) < 4.78 is 29.3. The SMILES string of the molecule is CCN(CCNC)S(=O)C12CC1c1cc(OC)ccc1-c1c(C3CCCCC3)c3ccc(C(=O)NSN(C)C)cc3n1C2. The van der Waals surface area contributed by atoms with Crippen LogP contribution in [0.15, 0.2) is 36.4 Å². The van der Waals surface area contributed by atoms with E-state index >= 15 is 0 Å². The molecule has 2 heterocycles. The molecule has 10 heteroatoms. The highest BCUT2D eigenvalue weighted by molar-refractivity contribution is 7.95. The third-order valence-electron chi connectivity index (χ3n) is 9.59. The van der Waals surface area contributed by atoms with E-state index in [4.69, 9.17) is 4.74 Å². The molecule has 1 aromatic heterocycles. The van der Waals surface area contributed by atoms with Gasteiger partial charge >= 0.3 is 0 Å². The minimum Gasteiger partial charge on any atom is -0.497 e. The Morgan fingerprint density at radius 2 is 1.95 bits per heavy atom. The molecule has 2 saturated carbocycles. The molecule has 43 heavy (non-hydrogen) atoms. The summed E-state index contributed by atoms with van der Waals surface area (Å²) in [6.45, 7) is 5.02. The number of ether oxygens (including phenoxy) is 1. The van der Waals surface area contributed by atoms with Gasteiger partial charge in [0.2, 0.25) is 0 Å². The third-order valence-corrected chi connectivity index (χ3v) is 12.4. The van der Waals surface area contributed by atoms with E-state index in [0.717, 1.165) is 37.3 Å². The van der Waals surface area contributed by atoms with Crippen LogP contribution in [-0.2, 0) is 17.5 Å². The molecule has 2 fully saturated rings. The lowest BCUT2D eigenvalue weighted by molar-refractivity contribution is 0.0983. The van der Waals surface area contributed by atoms with E-state index in [1.807, 2.05) is 31.5 Å². The first kappa shape index (κ1) is 30.6. The number of carbonyl (C=O) groups excluding carboxylic acids is 1. The molecule has 0 spiro atoms. The van der Waals surface area contributed by atoms with Gasteiger partial charge in [0.15, 0.2) is 0 Å². The van der Waals surface area contributed by atoms with Crippen molar-refractivity contribution >= 4 is 39.9 Å². The van der Waals surface area contributed by atoms with Gasteiger partial charge in [0.1, 0.15) is 16.7 Å². The van der Waals surface area contributed by atoms with Gasteiger partial charge in [0.25, 0.3) is 5.91 Å². The van der Waals surface area contributed by atoms with Crippen molar-refractivity contribution in [2.24, 2.45) is 0 Å². The van der Waals surface area contributed by atoms with Crippen molar-refractivity contribution in [1.82, 2.24) is 23.2 Å². The third kappa shape index (κ3) is 5.54. The average molecular weight is 624 g/mol. The molecule has 6 rings (SSSR count). The van der Waals surface area contributed by atoms with Crippen molar-refractivity contribution in [1.29, 1.82) is 0 Å². The molecule has 3 aromatic rings. The number of fused-ring (bicyclic) bond motifs is 7. The zero-order valence-corrected chi connectivity index (χ0v) is 27.7. The molecule has 1 aliphatic heterocycles. The fourth-order valence-electron chi connectivity index (χ4n) is 7.36. The van der Waals surface area contributed by atoms with Crippen LogP contribution < -0.4 is 14.8 Å². The largest absolute Gasteiger partial charge is 0.497 e. The van der Waals surface area contributed by atoms with E-state index in [0.29, 0.717) is 18.0 Å². The van der Waals surface area contributed by atoms with Crippen LogP contribution in [-0.4, -0.2) is 75.9 Å². The molecule has 2 N–H and O–H groups in total. The minimum atomic E-state index is -1.19. The van der Waals surface area contributed by atoms with Crippen LogP contribution in [0.1, 0.15) is 78.8 Å². The number of methoxy groups -OCH3 is 1. The lowest BCUT2D eigenvalue weighted by atomic mass is 9.81. The van der Waals surface area contributed by atoms with E-state index in [1.54, 1.807) is 7.11 Å². The Balaban J connectivity index is 1.57. The number of hydrogen-bond acceptors (Lipinski definition) is 6. The predicted molar refractivity (Wildman–Crippen MR) is 178 cm³/mol. The Bertz CT molecular complexity index is 1530. The average Bonchev–Trinajstić information content (AvgIpc) is 3.70. The second-order valence-corrected chi connectivity index (χ2v) is 15.3. The topological polar surface area (TPSA) is 78.8 Å². The van der Waals surface area contributed by atoms with Crippen molar-refractivity contribution in [3.63, 3.8) is 0 Å². The summed E-state index contributed by atoms with van der Waals surface area (Å²) >= 11 is 1.28. The summed E-state index contributed by atoms with van der Waals surface area (Å²) in [5.74, 6) is 1.37. The van der Waals surface area contributed by atoms with E-state index in [2.05, 4.69) is 56.2 Å². The lowest BCUT2D eigenvalue weighted by Crippen LogP contribution is -2.40. The van der Waals surface area contributed by atoms with Crippen molar-refractivity contribution < 1.29 is 13.7 Å². The Kier molecular flexibility index (Phi) is 8.95. The monoisotopic (exact) mass is 623 g/mol. The van der Waals surface area contributed by atoms with E-state index in [-0.39, 0.29) is 11.8 Å². The number of aromatic nitrogens is 1. The molecule has 0 bridgehead atoms. The highest BCUT2D eigenvalue weighted by Crippen LogP contribution is 2.63. The van der Waals surface area contributed by atoms with Crippen molar-refractivity contribution in [3.05, 3.63) is 53.1 Å². The molecule has 2 aliphatic carbocycles. The van der Waals surface area contributed by atoms with Crippen LogP contribution >= 0.6 is 12.1 Å². The molecule has 3 atom stereocenters. The molecule has 0 radical (unpaired) electrons. The summed E-state index contributed by atoms with van der Waals surface area (Å²) in [4.78, 5) is 13.2. The molecular weight excluding hydrogens is 579 g/mol. The van der Waals surface area contributed by atoms with Gasteiger partial charge in [-0.1, -0.05) is 32.3 Å². The number of benzene rings is 2. The molecule has 3 aliphatic rings. The first-order valence-corrected chi connectivity index (χ1v) is 17.5. The van der Waals surface area contributed by atoms with E-state index in [1.165, 1.54) is 72.0 Å². The Morgan fingerprint density at radius 1 is 1.16 bits per heavy atom. The zero-order chi connectivity index (χ0) is 30.3. The Labute approximate surface area is 262 Å². The summed E-state index contributed by atoms with van der Waals surface area (Å²) in [7, 11) is 6.29. The van der Waals surface area contributed by atoms with Crippen LogP contribution in [0.2, 0.25) is 0 Å². The number of nitrogens with zero attached hydrogens (tertiary/aromatic N) is 3. The molecule has 3 unspecified atom stereocenters. The highest BCUT2D eigenvalue weighted by Gasteiger charge is 2.63. The van der Waals surface area contributed by atoms with Gasteiger partial charge < -0.3 is 14.6 Å². The van der Waals surface area contributed by atoms with Crippen molar-refractivity contribution in [2.75, 3.05) is 47.9 Å². The van der Waals surface area contributed by atoms with Gasteiger partial charge in [-0.05, 0) is 87.8 Å². The number of amides is 1. The fourth-order valence-corrected chi connectivity index (χ4v) is 9.67. The quantitative estimate of drug-likeness (QED) is 0.268. The first-order valence-electron chi connectivity index (χ1n) is 15.6. The maximum absolute atomic E-state index is 14.6. The Morgan fingerprint density at radius 3 is 2.65 bits per heavy atom. The molecular formula is C33H45N5O3S2. The van der Waals surface area contributed by atoms with Gasteiger partial charge in [-0.2, -0.15) is 0 Å². The number of hydrogen-bond donors (Lipinski definition) is 2. The van der Waals surface area contributed by atoms with Gasteiger partial charge in [-0.15, -0.1) is 0 Å². The normalized spacial score (nSPS) is 22.2. The van der Waals surface area contributed by atoms with Gasteiger partial charge in [-0.3, -0.25) is 9.52 Å². The maximum Gasteiger partial charge on any atom is 0.262 e. The van der Waals surface area contributed by atoms with Crippen LogP contribution in [0.25, 0.3) is 22.2 Å². The predicted octanol–water partition coefficient (Wildman–Crippen LogP) is 5.66.